The van der Waals surface area contributed by atoms with Crippen LogP contribution < -0.4 is 9.80 Å². The van der Waals surface area contributed by atoms with Crippen LogP contribution in [0, 0.1) is 0 Å². The van der Waals surface area contributed by atoms with Crippen molar-refractivity contribution in [2.45, 2.75) is 44.4 Å². The summed E-state index contributed by atoms with van der Waals surface area (Å²) in [5, 5.41) is 0.141. The van der Waals surface area contributed by atoms with E-state index in [2.05, 4.69) is 9.97 Å². The lowest BCUT2D eigenvalue weighted by atomic mass is 9.87. The third-order valence-electron chi connectivity index (χ3n) is 4.11. The first-order valence-corrected chi connectivity index (χ1v) is 7.13. The van der Waals surface area contributed by atoms with Gasteiger partial charge in [-0.25, -0.2) is 9.37 Å². The highest BCUT2D eigenvalue weighted by Gasteiger charge is 2.44. The Bertz CT molecular complexity index is 549. The smallest absolute Gasteiger partial charge is 0.249 e. The van der Waals surface area contributed by atoms with Gasteiger partial charge in [-0.1, -0.05) is 6.92 Å². The summed E-state index contributed by atoms with van der Waals surface area (Å²) in [5.74, 6) is 0.629. The normalized spacial score (nSPS) is 29.2. The Morgan fingerprint density at radius 2 is 2.20 bits per heavy atom. The number of hydrogen-bond acceptors (Lipinski definition) is 4. The molecule has 0 saturated heterocycles. The number of carbonyl (C=O) groups excluding carboxylic acids is 1. The van der Waals surface area contributed by atoms with Crippen LogP contribution >= 0.6 is 11.6 Å². The Hall–Kier alpha value is -1.43. The number of rotatable bonds is 2. The number of carbonyl (C=O) groups is 1. The Morgan fingerprint density at radius 1 is 1.50 bits per heavy atom. The van der Waals surface area contributed by atoms with Crippen LogP contribution in [0.3, 0.4) is 0 Å². The van der Waals surface area contributed by atoms with Gasteiger partial charge in [0.1, 0.15) is 17.9 Å². The van der Waals surface area contributed by atoms with Gasteiger partial charge < -0.3 is 9.80 Å². The van der Waals surface area contributed by atoms with Gasteiger partial charge in [0.05, 0.1) is 6.20 Å². The summed E-state index contributed by atoms with van der Waals surface area (Å²) in [7, 11) is 1.71. The van der Waals surface area contributed by atoms with Gasteiger partial charge in [0, 0.05) is 13.1 Å². The summed E-state index contributed by atoms with van der Waals surface area (Å²) >= 11 is 5.89. The molecule has 2 aliphatic rings. The standard InChI is InChI=1S/C13H16ClFN4O/c1-3-9-12(20)18(2)10-6-16-13(14)17-11(10)19(9)8-4-7(15)5-8/h6-9H,3-5H2,1-2H3. The summed E-state index contributed by atoms with van der Waals surface area (Å²) in [6.07, 6.45) is 2.29. The molecule has 1 fully saturated rings. The van der Waals surface area contributed by atoms with Crippen molar-refractivity contribution in [3.8, 4) is 0 Å². The first-order valence-electron chi connectivity index (χ1n) is 6.75. The number of hydrogen-bond donors (Lipinski definition) is 0. The molecule has 0 radical (unpaired) electrons. The molecule has 1 aliphatic carbocycles. The molecular weight excluding hydrogens is 283 g/mol. The highest BCUT2D eigenvalue weighted by atomic mass is 35.5. The quantitative estimate of drug-likeness (QED) is 0.785. The number of likely N-dealkylation sites (N-methyl/N-ethyl adjacent to an activating group) is 1. The average Bonchev–Trinajstić information content (AvgIpc) is 2.39. The minimum absolute atomic E-state index is 0.00627. The van der Waals surface area contributed by atoms with Crippen molar-refractivity contribution in [3.05, 3.63) is 11.5 Å². The molecule has 1 aliphatic heterocycles. The van der Waals surface area contributed by atoms with Gasteiger partial charge in [-0.2, -0.15) is 4.98 Å². The first-order chi connectivity index (χ1) is 9.52. The molecule has 1 unspecified atom stereocenters. The fourth-order valence-corrected chi connectivity index (χ4v) is 3.06. The molecule has 0 aromatic carbocycles. The fraction of sp³-hybridized carbons (Fsp3) is 0.615. The molecular formula is C13H16ClFN4O. The van der Waals surface area contributed by atoms with E-state index in [1.807, 2.05) is 11.8 Å². The number of halogens is 2. The number of aromatic nitrogens is 2. The van der Waals surface area contributed by atoms with Crippen LogP contribution in [0.2, 0.25) is 5.28 Å². The summed E-state index contributed by atoms with van der Waals surface area (Å²) in [4.78, 5) is 24.1. The number of alkyl halides is 1. The van der Waals surface area contributed by atoms with Crippen LogP contribution in [-0.4, -0.2) is 41.2 Å². The molecule has 5 nitrogen and oxygen atoms in total. The van der Waals surface area contributed by atoms with Crippen LogP contribution in [0.4, 0.5) is 15.9 Å². The summed E-state index contributed by atoms with van der Waals surface area (Å²) in [6.45, 7) is 1.95. The number of amides is 1. The van der Waals surface area contributed by atoms with Gasteiger partial charge in [-0.3, -0.25) is 4.79 Å². The minimum atomic E-state index is -0.784. The van der Waals surface area contributed by atoms with Crippen molar-refractivity contribution in [3.63, 3.8) is 0 Å². The van der Waals surface area contributed by atoms with Crippen LogP contribution in [-0.2, 0) is 4.79 Å². The van der Waals surface area contributed by atoms with Crippen LogP contribution in [0.15, 0.2) is 6.20 Å². The molecule has 7 heteroatoms. The Morgan fingerprint density at radius 3 is 2.80 bits per heavy atom. The number of fused-ring (bicyclic) bond motifs is 1. The second-order valence-corrected chi connectivity index (χ2v) is 5.64. The molecule has 1 amide bonds. The van der Waals surface area contributed by atoms with E-state index in [0.29, 0.717) is 30.8 Å². The zero-order chi connectivity index (χ0) is 14.4. The maximum absolute atomic E-state index is 13.2. The SMILES string of the molecule is CCC1C(=O)N(C)c2cnc(Cl)nc2N1C1CC(F)C1. The minimum Gasteiger partial charge on any atom is -0.339 e. The van der Waals surface area contributed by atoms with Gasteiger partial charge in [0.15, 0.2) is 5.82 Å². The molecule has 1 aromatic heterocycles. The van der Waals surface area contributed by atoms with E-state index in [1.165, 1.54) is 0 Å². The molecule has 0 bridgehead atoms. The van der Waals surface area contributed by atoms with Crippen molar-refractivity contribution in [2.75, 3.05) is 16.8 Å². The predicted molar refractivity (Wildman–Crippen MR) is 74.9 cm³/mol. The monoisotopic (exact) mass is 298 g/mol. The van der Waals surface area contributed by atoms with Crippen molar-refractivity contribution < 1.29 is 9.18 Å². The van der Waals surface area contributed by atoms with Crippen molar-refractivity contribution >= 4 is 29.0 Å². The summed E-state index contributed by atoms with van der Waals surface area (Å²) in [5.41, 5.74) is 0.631. The molecule has 108 valence electrons. The van der Waals surface area contributed by atoms with E-state index in [-0.39, 0.29) is 23.3 Å². The van der Waals surface area contributed by atoms with Crippen LogP contribution in [0.25, 0.3) is 0 Å². The average molecular weight is 299 g/mol. The van der Waals surface area contributed by atoms with Crippen LogP contribution in [0.1, 0.15) is 26.2 Å². The topological polar surface area (TPSA) is 49.3 Å². The first kappa shape index (κ1) is 13.5. The molecule has 1 aromatic rings. The van der Waals surface area contributed by atoms with Gasteiger partial charge in [-0.05, 0) is 30.9 Å². The molecule has 2 heterocycles. The Labute approximate surface area is 121 Å². The van der Waals surface area contributed by atoms with Gasteiger partial charge in [0.2, 0.25) is 11.2 Å². The van der Waals surface area contributed by atoms with E-state index in [9.17, 15) is 9.18 Å². The maximum Gasteiger partial charge on any atom is 0.249 e. The van der Waals surface area contributed by atoms with E-state index < -0.39 is 6.17 Å². The number of nitrogens with zero attached hydrogens (tertiary/aromatic N) is 4. The van der Waals surface area contributed by atoms with Gasteiger partial charge in [0.25, 0.3) is 0 Å². The Balaban J connectivity index is 2.07. The van der Waals surface area contributed by atoms with Crippen molar-refractivity contribution in [1.29, 1.82) is 0 Å². The third-order valence-corrected chi connectivity index (χ3v) is 4.30. The van der Waals surface area contributed by atoms with Gasteiger partial charge >= 0.3 is 0 Å². The van der Waals surface area contributed by atoms with Crippen molar-refractivity contribution in [1.82, 2.24) is 9.97 Å². The van der Waals surface area contributed by atoms with E-state index in [4.69, 9.17) is 11.6 Å². The van der Waals surface area contributed by atoms with Crippen LogP contribution in [0.5, 0.6) is 0 Å². The zero-order valence-electron chi connectivity index (χ0n) is 11.4. The number of anilines is 2. The summed E-state index contributed by atoms with van der Waals surface area (Å²) in [6, 6.07) is -0.298. The van der Waals surface area contributed by atoms with E-state index in [1.54, 1.807) is 18.1 Å². The second-order valence-electron chi connectivity index (χ2n) is 5.30. The highest BCUT2D eigenvalue weighted by molar-refractivity contribution is 6.28. The maximum atomic E-state index is 13.2. The molecule has 20 heavy (non-hydrogen) atoms. The lowest BCUT2D eigenvalue weighted by Gasteiger charge is -2.48. The Kier molecular flexibility index (Phi) is 3.28. The lowest BCUT2D eigenvalue weighted by molar-refractivity contribution is -0.120. The fourth-order valence-electron chi connectivity index (χ4n) is 2.93. The molecule has 0 spiro atoms. The van der Waals surface area contributed by atoms with E-state index in [0.717, 1.165) is 0 Å². The molecule has 1 atom stereocenters. The predicted octanol–water partition coefficient (Wildman–Crippen LogP) is 2.19. The zero-order valence-corrected chi connectivity index (χ0v) is 12.1. The second kappa shape index (κ2) is 4.84. The largest absolute Gasteiger partial charge is 0.339 e. The molecule has 0 N–H and O–H groups in total. The third kappa shape index (κ3) is 1.93. The highest BCUT2D eigenvalue weighted by Crippen LogP contribution is 2.41. The van der Waals surface area contributed by atoms with E-state index >= 15 is 0 Å². The molecule has 3 rings (SSSR count). The van der Waals surface area contributed by atoms with Gasteiger partial charge in [-0.15, -0.1) is 0 Å². The molecule has 1 saturated carbocycles. The summed E-state index contributed by atoms with van der Waals surface area (Å²) < 4.78 is 13.2. The van der Waals surface area contributed by atoms with Crippen molar-refractivity contribution in [2.24, 2.45) is 0 Å². The lowest BCUT2D eigenvalue weighted by Crippen LogP contribution is -2.59.